The molecule has 366 valence electrons. The molecule has 5 aromatic carbocycles. The van der Waals surface area contributed by atoms with E-state index in [1.807, 2.05) is 24.3 Å². The standard InChI is InChI=1S/C62H70O8/c1-5-9-13-17-29-63-49-25-27-53-45(33-49)39-61(67-53)51-41-57-47(37-59(51)65-31-19-15-11-7-3)35-55(69-57)43-21-23-44(24-22-43)56-36-48-38-60(66-32-20-16-12-8-4)52(42-58(48)70-56)62-40-46-34-50(26-28-54(46)68-62)64-30-18-14-10-6-2/h21-28,33-42H,5-20,29-32H2,1-4H3. The number of ether oxygens (including phenoxy) is 4. The van der Waals surface area contributed by atoms with Crippen LogP contribution >= 0.6 is 0 Å². The van der Waals surface area contributed by atoms with Crippen LogP contribution in [0.3, 0.4) is 0 Å². The fraction of sp³-hybridized carbons (Fsp3) is 0.387. The molecule has 0 N–H and O–H groups in total. The zero-order valence-corrected chi connectivity index (χ0v) is 41.8. The molecule has 0 fully saturated rings. The van der Waals surface area contributed by atoms with Crippen LogP contribution in [0.5, 0.6) is 23.0 Å². The molecule has 9 rings (SSSR count). The first kappa shape index (κ1) is 48.5. The number of unbranched alkanes of at least 4 members (excludes halogenated alkanes) is 12. The molecule has 0 atom stereocenters. The lowest BCUT2D eigenvalue weighted by Crippen LogP contribution is -1.98. The summed E-state index contributed by atoms with van der Waals surface area (Å²) in [6.07, 6.45) is 18.3. The van der Waals surface area contributed by atoms with Gasteiger partial charge in [-0.1, -0.05) is 129 Å². The maximum Gasteiger partial charge on any atom is 0.139 e. The minimum absolute atomic E-state index is 0.632. The summed E-state index contributed by atoms with van der Waals surface area (Å²) < 4.78 is 51.4. The van der Waals surface area contributed by atoms with E-state index in [9.17, 15) is 0 Å². The fourth-order valence-electron chi connectivity index (χ4n) is 9.19. The van der Waals surface area contributed by atoms with Crippen molar-refractivity contribution in [3.05, 3.63) is 109 Å². The molecule has 0 saturated heterocycles. The van der Waals surface area contributed by atoms with Gasteiger partial charge in [0.25, 0.3) is 0 Å². The van der Waals surface area contributed by atoms with Crippen molar-refractivity contribution < 1.29 is 36.6 Å². The van der Waals surface area contributed by atoms with Gasteiger partial charge in [0.2, 0.25) is 0 Å². The quantitative estimate of drug-likeness (QED) is 0.0449. The molecule has 0 aliphatic heterocycles. The number of benzene rings is 5. The molecular formula is C62H70O8. The van der Waals surface area contributed by atoms with Crippen molar-refractivity contribution in [1.29, 1.82) is 0 Å². The predicted octanol–water partition coefficient (Wildman–Crippen LogP) is 19.2. The van der Waals surface area contributed by atoms with Gasteiger partial charge in [0.05, 0.1) is 37.6 Å². The second-order valence-electron chi connectivity index (χ2n) is 18.8. The molecule has 0 radical (unpaired) electrons. The Balaban J connectivity index is 0.964. The Labute approximate surface area is 413 Å². The molecule has 8 heteroatoms. The van der Waals surface area contributed by atoms with E-state index in [4.69, 9.17) is 36.6 Å². The van der Waals surface area contributed by atoms with E-state index < -0.39 is 0 Å². The number of hydrogen-bond acceptors (Lipinski definition) is 8. The van der Waals surface area contributed by atoms with Crippen molar-refractivity contribution >= 4 is 43.9 Å². The molecule has 0 spiro atoms. The number of fused-ring (bicyclic) bond motifs is 4. The van der Waals surface area contributed by atoms with Crippen molar-refractivity contribution in [3.63, 3.8) is 0 Å². The molecule has 8 nitrogen and oxygen atoms in total. The second-order valence-corrected chi connectivity index (χ2v) is 18.8. The van der Waals surface area contributed by atoms with Gasteiger partial charge in [0.15, 0.2) is 0 Å². The maximum absolute atomic E-state index is 6.60. The predicted molar refractivity (Wildman–Crippen MR) is 286 cm³/mol. The van der Waals surface area contributed by atoms with Crippen molar-refractivity contribution in [1.82, 2.24) is 0 Å². The Morgan fingerprint density at radius 1 is 0.300 bits per heavy atom. The first-order valence-corrected chi connectivity index (χ1v) is 26.3. The third-order valence-electron chi connectivity index (χ3n) is 13.2. The highest BCUT2D eigenvalue weighted by Gasteiger charge is 2.20. The Morgan fingerprint density at radius 2 is 0.643 bits per heavy atom. The Bertz CT molecular complexity index is 2860. The fourth-order valence-corrected chi connectivity index (χ4v) is 9.19. The Hall–Kier alpha value is -6.54. The van der Waals surface area contributed by atoms with Crippen LogP contribution in [-0.4, -0.2) is 26.4 Å². The van der Waals surface area contributed by atoms with Crippen LogP contribution < -0.4 is 18.9 Å². The van der Waals surface area contributed by atoms with Crippen LogP contribution in [0.2, 0.25) is 0 Å². The summed E-state index contributed by atoms with van der Waals surface area (Å²) in [6, 6.07) is 37.1. The van der Waals surface area contributed by atoms with Gasteiger partial charge in [-0.2, -0.15) is 0 Å². The third kappa shape index (κ3) is 11.9. The number of rotatable bonds is 28. The van der Waals surface area contributed by atoms with Crippen molar-refractivity contribution in [3.8, 4) is 68.3 Å². The molecular weight excluding hydrogens is 873 g/mol. The number of furan rings is 4. The summed E-state index contributed by atoms with van der Waals surface area (Å²) in [4.78, 5) is 0. The third-order valence-corrected chi connectivity index (χ3v) is 13.2. The van der Waals surface area contributed by atoms with E-state index in [2.05, 4.69) is 113 Å². The maximum atomic E-state index is 6.60. The first-order valence-electron chi connectivity index (χ1n) is 26.3. The zero-order chi connectivity index (χ0) is 48.1. The minimum atomic E-state index is 0.632. The zero-order valence-electron chi connectivity index (χ0n) is 41.8. The summed E-state index contributed by atoms with van der Waals surface area (Å²) in [5, 5.41) is 3.92. The lowest BCUT2D eigenvalue weighted by atomic mass is 10.1. The average Bonchev–Trinajstić information content (AvgIpc) is 4.20. The average molecular weight is 943 g/mol. The lowest BCUT2D eigenvalue weighted by molar-refractivity contribution is 0.305. The Morgan fingerprint density at radius 3 is 1.03 bits per heavy atom. The summed E-state index contributed by atoms with van der Waals surface area (Å²) in [6.45, 7) is 11.6. The largest absolute Gasteiger partial charge is 0.494 e. The van der Waals surface area contributed by atoms with Crippen LogP contribution in [0.4, 0.5) is 0 Å². The molecule has 0 aliphatic carbocycles. The van der Waals surface area contributed by atoms with Gasteiger partial charge < -0.3 is 36.6 Å². The van der Waals surface area contributed by atoms with Gasteiger partial charge in [-0.25, -0.2) is 0 Å². The molecule has 0 unspecified atom stereocenters. The van der Waals surface area contributed by atoms with Crippen molar-refractivity contribution in [2.24, 2.45) is 0 Å². The van der Waals surface area contributed by atoms with Gasteiger partial charge in [-0.15, -0.1) is 0 Å². The van der Waals surface area contributed by atoms with Crippen LogP contribution in [0.15, 0.2) is 127 Å². The molecule has 70 heavy (non-hydrogen) atoms. The molecule has 0 saturated carbocycles. The summed E-state index contributed by atoms with van der Waals surface area (Å²) in [5.41, 5.74) is 6.78. The normalized spacial score (nSPS) is 11.7. The van der Waals surface area contributed by atoms with Crippen LogP contribution in [0.1, 0.15) is 130 Å². The van der Waals surface area contributed by atoms with E-state index >= 15 is 0 Å². The van der Waals surface area contributed by atoms with E-state index in [1.165, 1.54) is 64.2 Å². The highest BCUT2D eigenvalue weighted by Crippen LogP contribution is 2.43. The summed E-state index contributed by atoms with van der Waals surface area (Å²) in [7, 11) is 0. The number of hydrogen-bond donors (Lipinski definition) is 0. The van der Waals surface area contributed by atoms with Gasteiger partial charge in [-0.05, 0) is 111 Å². The molecule has 0 amide bonds. The molecule has 9 aromatic rings. The second kappa shape index (κ2) is 23.9. The molecule has 0 aliphatic rings. The monoisotopic (exact) mass is 943 g/mol. The van der Waals surface area contributed by atoms with E-state index in [0.29, 0.717) is 26.4 Å². The van der Waals surface area contributed by atoms with E-state index in [0.717, 1.165) is 151 Å². The van der Waals surface area contributed by atoms with E-state index in [1.54, 1.807) is 0 Å². The summed E-state index contributed by atoms with van der Waals surface area (Å²) >= 11 is 0. The Kier molecular flexibility index (Phi) is 16.5. The highest BCUT2D eigenvalue weighted by atomic mass is 16.5. The van der Waals surface area contributed by atoms with Crippen molar-refractivity contribution in [2.75, 3.05) is 26.4 Å². The van der Waals surface area contributed by atoms with Crippen LogP contribution in [0, 0.1) is 0 Å². The van der Waals surface area contributed by atoms with E-state index in [-0.39, 0.29) is 0 Å². The smallest absolute Gasteiger partial charge is 0.139 e. The first-order chi connectivity index (χ1) is 34.5. The van der Waals surface area contributed by atoms with Gasteiger partial charge in [0.1, 0.15) is 68.4 Å². The molecule has 4 aromatic heterocycles. The van der Waals surface area contributed by atoms with Gasteiger partial charge in [0, 0.05) is 32.7 Å². The summed E-state index contributed by atoms with van der Waals surface area (Å²) in [5.74, 6) is 6.28. The topological polar surface area (TPSA) is 89.5 Å². The van der Waals surface area contributed by atoms with Crippen molar-refractivity contribution in [2.45, 2.75) is 130 Å². The minimum Gasteiger partial charge on any atom is -0.494 e. The highest BCUT2D eigenvalue weighted by molar-refractivity contribution is 5.94. The van der Waals surface area contributed by atoms with Crippen LogP contribution in [0.25, 0.3) is 89.2 Å². The molecule has 4 heterocycles. The van der Waals surface area contributed by atoms with Gasteiger partial charge in [-0.3, -0.25) is 0 Å². The molecule has 0 bridgehead atoms. The van der Waals surface area contributed by atoms with Crippen LogP contribution in [-0.2, 0) is 0 Å². The lowest BCUT2D eigenvalue weighted by Gasteiger charge is -2.10. The SMILES string of the molecule is CCCCCCOc1ccc2oc(-c3cc4oc(-c5ccc(-c6cc7cc(OCCCCCC)c(-c8cc9cc(OCCCCCC)ccc9o8)cc7o6)cc5)cc4cc3OCCCCCC)cc2c1. The van der Waals surface area contributed by atoms with Gasteiger partial charge >= 0.3 is 0 Å².